The van der Waals surface area contributed by atoms with Gasteiger partial charge >= 0.3 is 0 Å². The highest BCUT2D eigenvalue weighted by Gasteiger charge is 2.07. The lowest BCUT2D eigenvalue weighted by Gasteiger charge is -2.03. The fourth-order valence-electron chi connectivity index (χ4n) is 1.42. The Morgan fingerprint density at radius 2 is 2.28 bits per heavy atom. The Morgan fingerprint density at radius 3 is 3.06 bits per heavy atom. The number of nitrogen functional groups attached to an aromatic ring is 1. The second-order valence-electron chi connectivity index (χ2n) is 3.70. The lowest BCUT2D eigenvalue weighted by atomic mass is 10.3. The number of thioether (sulfide) groups is 1. The van der Waals surface area contributed by atoms with E-state index >= 15 is 0 Å². The van der Waals surface area contributed by atoms with Gasteiger partial charge in [-0.1, -0.05) is 16.8 Å². The Hall–Kier alpha value is -1.17. The molecule has 0 bridgehead atoms. The van der Waals surface area contributed by atoms with Gasteiger partial charge in [0.05, 0.1) is 10.7 Å². The van der Waals surface area contributed by atoms with Crippen molar-refractivity contribution in [3.63, 3.8) is 0 Å². The number of hydrogen-bond donors (Lipinski definition) is 1. The van der Waals surface area contributed by atoms with Crippen LogP contribution in [0.1, 0.15) is 11.5 Å². The summed E-state index contributed by atoms with van der Waals surface area (Å²) in [6, 6.07) is 7.29. The summed E-state index contributed by atoms with van der Waals surface area (Å²) in [6.07, 6.45) is 0. The number of methoxy groups -OCH3 is 1. The zero-order chi connectivity index (χ0) is 13.0. The van der Waals surface area contributed by atoms with E-state index in [0.717, 1.165) is 10.6 Å². The maximum atomic E-state index is 6.08. The molecular formula is C12H13ClN2O2S. The van der Waals surface area contributed by atoms with Crippen molar-refractivity contribution in [1.29, 1.82) is 0 Å². The first-order valence-electron chi connectivity index (χ1n) is 5.30. The SMILES string of the molecule is COCc1cc(CSc2cc(N)ccc2Cl)no1. The van der Waals surface area contributed by atoms with Gasteiger partial charge in [0.25, 0.3) is 0 Å². The summed E-state index contributed by atoms with van der Waals surface area (Å²) >= 11 is 7.65. The third kappa shape index (κ3) is 3.41. The van der Waals surface area contributed by atoms with Gasteiger partial charge in [0.1, 0.15) is 6.61 Å². The largest absolute Gasteiger partial charge is 0.399 e. The smallest absolute Gasteiger partial charge is 0.162 e. The Bertz CT molecular complexity index is 531. The van der Waals surface area contributed by atoms with Crippen LogP contribution in [0, 0.1) is 0 Å². The standard InChI is InChI=1S/C12H13ClN2O2S/c1-16-6-10-5-9(15-17-10)7-18-12-4-8(14)2-3-11(12)13/h2-5H,6-7,14H2,1H3. The quantitative estimate of drug-likeness (QED) is 0.674. The molecule has 6 heteroatoms. The molecule has 0 saturated heterocycles. The third-order valence-electron chi connectivity index (χ3n) is 2.23. The van der Waals surface area contributed by atoms with Gasteiger partial charge < -0.3 is 15.0 Å². The van der Waals surface area contributed by atoms with Crippen LogP contribution in [0.2, 0.25) is 5.02 Å². The van der Waals surface area contributed by atoms with E-state index in [1.54, 1.807) is 31.0 Å². The van der Waals surface area contributed by atoms with Crippen molar-refractivity contribution >= 4 is 29.1 Å². The van der Waals surface area contributed by atoms with Gasteiger partial charge in [-0.2, -0.15) is 0 Å². The van der Waals surface area contributed by atoms with E-state index < -0.39 is 0 Å². The van der Waals surface area contributed by atoms with Crippen LogP contribution in [-0.4, -0.2) is 12.3 Å². The first kappa shape index (κ1) is 13.3. The van der Waals surface area contributed by atoms with E-state index in [0.29, 0.717) is 28.8 Å². The molecule has 0 unspecified atom stereocenters. The van der Waals surface area contributed by atoms with Crippen molar-refractivity contribution in [3.05, 3.63) is 40.7 Å². The van der Waals surface area contributed by atoms with Gasteiger partial charge in [0.2, 0.25) is 0 Å². The molecule has 2 N–H and O–H groups in total. The predicted octanol–water partition coefficient (Wildman–Crippen LogP) is 3.35. The van der Waals surface area contributed by atoms with Crippen LogP contribution in [0.4, 0.5) is 5.69 Å². The van der Waals surface area contributed by atoms with Gasteiger partial charge in [0, 0.05) is 29.5 Å². The van der Waals surface area contributed by atoms with E-state index in [9.17, 15) is 0 Å². The lowest BCUT2D eigenvalue weighted by Crippen LogP contribution is -1.86. The number of hydrogen-bond acceptors (Lipinski definition) is 5. The van der Waals surface area contributed by atoms with E-state index in [1.165, 1.54) is 0 Å². The topological polar surface area (TPSA) is 61.3 Å². The molecule has 0 atom stereocenters. The van der Waals surface area contributed by atoms with Crippen LogP contribution < -0.4 is 5.73 Å². The molecule has 2 aromatic rings. The molecule has 0 aliphatic carbocycles. The molecule has 0 aliphatic heterocycles. The average molecular weight is 285 g/mol. The predicted molar refractivity (Wildman–Crippen MR) is 72.6 cm³/mol. The second kappa shape index (κ2) is 6.13. The number of aromatic nitrogens is 1. The number of ether oxygens (including phenoxy) is 1. The number of benzene rings is 1. The fourth-order valence-corrected chi connectivity index (χ4v) is 2.56. The fraction of sp³-hybridized carbons (Fsp3) is 0.250. The Kier molecular flexibility index (Phi) is 4.52. The van der Waals surface area contributed by atoms with Gasteiger partial charge in [-0.15, -0.1) is 11.8 Å². The van der Waals surface area contributed by atoms with Crippen molar-refractivity contribution in [2.45, 2.75) is 17.3 Å². The van der Waals surface area contributed by atoms with E-state index in [2.05, 4.69) is 5.16 Å². The summed E-state index contributed by atoms with van der Waals surface area (Å²) in [6.45, 7) is 0.427. The van der Waals surface area contributed by atoms with Crippen molar-refractivity contribution in [2.24, 2.45) is 0 Å². The second-order valence-corrected chi connectivity index (χ2v) is 5.12. The number of anilines is 1. The maximum absolute atomic E-state index is 6.08. The van der Waals surface area contributed by atoms with Crippen LogP contribution in [0.3, 0.4) is 0 Å². The van der Waals surface area contributed by atoms with Crippen LogP contribution >= 0.6 is 23.4 Å². The molecular weight excluding hydrogens is 272 g/mol. The molecule has 1 aromatic carbocycles. The van der Waals surface area contributed by atoms with Crippen LogP contribution in [0.5, 0.6) is 0 Å². The molecule has 0 spiro atoms. The Labute approximate surface area is 114 Å². The molecule has 96 valence electrons. The first-order chi connectivity index (χ1) is 8.69. The Balaban J connectivity index is 1.99. The maximum Gasteiger partial charge on any atom is 0.162 e. The summed E-state index contributed by atoms with van der Waals surface area (Å²) < 4.78 is 10.1. The zero-order valence-corrected chi connectivity index (χ0v) is 11.4. The van der Waals surface area contributed by atoms with Gasteiger partial charge in [-0.3, -0.25) is 0 Å². The molecule has 1 aromatic heterocycles. The van der Waals surface area contributed by atoms with Gasteiger partial charge in [0.15, 0.2) is 5.76 Å². The van der Waals surface area contributed by atoms with Gasteiger partial charge in [-0.05, 0) is 18.2 Å². The van der Waals surface area contributed by atoms with Crippen molar-refractivity contribution in [1.82, 2.24) is 5.16 Å². The number of rotatable bonds is 5. The monoisotopic (exact) mass is 284 g/mol. The molecule has 0 aliphatic rings. The number of nitrogens with zero attached hydrogens (tertiary/aromatic N) is 1. The molecule has 18 heavy (non-hydrogen) atoms. The molecule has 1 heterocycles. The normalized spacial score (nSPS) is 10.8. The van der Waals surface area contributed by atoms with E-state index in [1.807, 2.05) is 12.1 Å². The minimum absolute atomic E-state index is 0.427. The molecule has 4 nitrogen and oxygen atoms in total. The van der Waals surface area contributed by atoms with Crippen LogP contribution in [-0.2, 0) is 17.1 Å². The molecule has 0 amide bonds. The van der Waals surface area contributed by atoms with Crippen molar-refractivity contribution < 1.29 is 9.26 Å². The number of halogens is 1. The summed E-state index contributed by atoms with van der Waals surface area (Å²) in [5.74, 6) is 1.39. The van der Waals surface area contributed by atoms with Crippen LogP contribution in [0.15, 0.2) is 33.7 Å². The molecule has 0 radical (unpaired) electrons. The highest BCUT2D eigenvalue weighted by molar-refractivity contribution is 7.98. The molecule has 0 fully saturated rings. The third-order valence-corrected chi connectivity index (χ3v) is 3.76. The highest BCUT2D eigenvalue weighted by atomic mass is 35.5. The first-order valence-corrected chi connectivity index (χ1v) is 6.66. The van der Waals surface area contributed by atoms with E-state index in [4.69, 9.17) is 26.6 Å². The lowest BCUT2D eigenvalue weighted by molar-refractivity contribution is 0.156. The van der Waals surface area contributed by atoms with Crippen molar-refractivity contribution in [2.75, 3.05) is 12.8 Å². The summed E-state index contributed by atoms with van der Waals surface area (Å²) in [5.41, 5.74) is 7.27. The summed E-state index contributed by atoms with van der Waals surface area (Å²) in [5, 5.41) is 4.64. The van der Waals surface area contributed by atoms with Gasteiger partial charge in [-0.25, -0.2) is 0 Å². The summed E-state index contributed by atoms with van der Waals surface area (Å²) in [4.78, 5) is 0.938. The molecule has 0 saturated carbocycles. The summed E-state index contributed by atoms with van der Waals surface area (Å²) in [7, 11) is 1.61. The minimum atomic E-state index is 0.427. The van der Waals surface area contributed by atoms with Crippen molar-refractivity contribution in [3.8, 4) is 0 Å². The average Bonchev–Trinajstić information content (AvgIpc) is 2.79. The molecule has 2 rings (SSSR count). The highest BCUT2D eigenvalue weighted by Crippen LogP contribution is 2.31. The van der Waals surface area contributed by atoms with Crippen LogP contribution in [0.25, 0.3) is 0 Å². The van der Waals surface area contributed by atoms with E-state index in [-0.39, 0.29) is 0 Å². The Morgan fingerprint density at radius 1 is 1.44 bits per heavy atom. The number of nitrogens with two attached hydrogens (primary N) is 1. The minimum Gasteiger partial charge on any atom is -0.399 e. The zero-order valence-electron chi connectivity index (χ0n) is 9.85.